The molecule has 3 nitrogen and oxygen atoms in total. The normalized spacial score (nSPS) is 12.7. The molecule has 0 saturated carbocycles. The van der Waals surface area contributed by atoms with Crippen LogP contribution in [0.5, 0.6) is 5.75 Å². The minimum atomic E-state index is -4.50. The van der Waals surface area contributed by atoms with Crippen molar-refractivity contribution in [1.82, 2.24) is 0 Å². The third-order valence-electron chi connectivity index (χ3n) is 2.07. The van der Waals surface area contributed by atoms with E-state index >= 15 is 0 Å². The van der Waals surface area contributed by atoms with Crippen molar-refractivity contribution in [2.24, 2.45) is 5.16 Å². The maximum Gasteiger partial charge on any atom is 0.419 e. The second-order valence-corrected chi connectivity index (χ2v) is 3.10. The number of ether oxygens (including phenoxy) is 1. The van der Waals surface area contributed by atoms with E-state index in [1.807, 2.05) is 0 Å². The Kier molecular flexibility index (Phi) is 3.41. The van der Waals surface area contributed by atoms with Crippen LogP contribution in [0.1, 0.15) is 18.1 Å². The summed E-state index contributed by atoms with van der Waals surface area (Å²) < 4.78 is 42.4. The van der Waals surface area contributed by atoms with E-state index in [4.69, 9.17) is 5.21 Å². The molecular formula is C10H10F3NO2. The molecule has 0 heterocycles. The van der Waals surface area contributed by atoms with Gasteiger partial charge in [0.2, 0.25) is 0 Å². The fourth-order valence-electron chi connectivity index (χ4n) is 1.21. The molecule has 0 aliphatic carbocycles. The van der Waals surface area contributed by atoms with Gasteiger partial charge in [0.15, 0.2) is 0 Å². The van der Waals surface area contributed by atoms with E-state index < -0.39 is 11.7 Å². The van der Waals surface area contributed by atoms with Crippen molar-refractivity contribution in [3.8, 4) is 5.75 Å². The van der Waals surface area contributed by atoms with Crippen molar-refractivity contribution in [3.63, 3.8) is 0 Å². The zero-order valence-corrected chi connectivity index (χ0v) is 8.67. The molecule has 6 heteroatoms. The summed E-state index contributed by atoms with van der Waals surface area (Å²) in [5.74, 6) is -0.262. The number of halogens is 3. The summed E-state index contributed by atoms with van der Waals surface area (Å²) >= 11 is 0. The monoisotopic (exact) mass is 233 g/mol. The van der Waals surface area contributed by atoms with E-state index in [0.717, 1.165) is 13.2 Å². The summed E-state index contributed by atoms with van der Waals surface area (Å²) in [6, 6.07) is 3.46. The summed E-state index contributed by atoms with van der Waals surface area (Å²) in [6.45, 7) is 1.40. The van der Waals surface area contributed by atoms with Crippen molar-refractivity contribution in [1.29, 1.82) is 0 Å². The van der Waals surface area contributed by atoms with Gasteiger partial charge in [-0.1, -0.05) is 5.16 Å². The molecule has 16 heavy (non-hydrogen) atoms. The number of benzene rings is 1. The fourth-order valence-corrected chi connectivity index (χ4v) is 1.21. The first-order valence-electron chi connectivity index (χ1n) is 4.34. The first kappa shape index (κ1) is 12.4. The molecule has 0 fully saturated rings. The maximum absolute atomic E-state index is 12.6. The van der Waals surface area contributed by atoms with Gasteiger partial charge in [-0.05, 0) is 30.7 Å². The highest BCUT2D eigenvalue weighted by Crippen LogP contribution is 2.36. The van der Waals surface area contributed by atoms with Crippen LogP contribution < -0.4 is 4.74 Å². The van der Waals surface area contributed by atoms with Crippen molar-refractivity contribution < 1.29 is 23.1 Å². The highest BCUT2D eigenvalue weighted by atomic mass is 19.4. The number of alkyl halides is 3. The number of methoxy groups -OCH3 is 1. The lowest BCUT2D eigenvalue weighted by Gasteiger charge is -2.12. The lowest BCUT2D eigenvalue weighted by atomic mass is 10.1. The van der Waals surface area contributed by atoms with Gasteiger partial charge in [-0.15, -0.1) is 0 Å². The number of hydrogen-bond acceptors (Lipinski definition) is 3. The largest absolute Gasteiger partial charge is 0.496 e. The molecule has 1 N–H and O–H groups in total. The Hall–Kier alpha value is -1.72. The van der Waals surface area contributed by atoms with E-state index in [0.29, 0.717) is 0 Å². The highest BCUT2D eigenvalue weighted by molar-refractivity contribution is 5.98. The topological polar surface area (TPSA) is 41.8 Å². The molecule has 0 amide bonds. The Bertz CT molecular complexity index is 413. The fraction of sp³-hybridized carbons (Fsp3) is 0.300. The lowest BCUT2D eigenvalue weighted by molar-refractivity contribution is -0.138. The van der Waals surface area contributed by atoms with Crippen LogP contribution in [0.4, 0.5) is 13.2 Å². The van der Waals surface area contributed by atoms with Crippen LogP contribution >= 0.6 is 0 Å². The second-order valence-electron chi connectivity index (χ2n) is 3.10. The molecule has 0 aliphatic heterocycles. The minimum Gasteiger partial charge on any atom is -0.496 e. The van der Waals surface area contributed by atoms with Gasteiger partial charge in [-0.3, -0.25) is 0 Å². The number of nitrogens with zero attached hydrogens (tertiary/aromatic N) is 1. The third-order valence-corrected chi connectivity index (χ3v) is 2.07. The van der Waals surface area contributed by atoms with Crippen LogP contribution in [0.3, 0.4) is 0 Å². The molecule has 0 aliphatic rings. The summed E-state index contributed by atoms with van der Waals surface area (Å²) in [7, 11) is 1.16. The van der Waals surface area contributed by atoms with Crippen molar-refractivity contribution >= 4 is 5.71 Å². The summed E-state index contributed by atoms with van der Waals surface area (Å²) in [4.78, 5) is 0. The Morgan fingerprint density at radius 1 is 1.38 bits per heavy atom. The van der Waals surface area contributed by atoms with E-state index in [1.54, 1.807) is 0 Å². The van der Waals surface area contributed by atoms with Crippen LogP contribution in [-0.2, 0) is 6.18 Å². The quantitative estimate of drug-likeness (QED) is 0.484. The zero-order chi connectivity index (χ0) is 12.3. The zero-order valence-electron chi connectivity index (χ0n) is 8.67. The van der Waals surface area contributed by atoms with E-state index in [-0.39, 0.29) is 17.0 Å². The number of oxime groups is 1. The average molecular weight is 233 g/mol. The van der Waals surface area contributed by atoms with Crippen LogP contribution in [0.15, 0.2) is 23.4 Å². The van der Waals surface area contributed by atoms with E-state index in [2.05, 4.69) is 9.89 Å². The van der Waals surface area contributed by atoms with Gasteiger partial charge < -0.3 is 9.94 Å². The summed E-state index contributed by atoms with van der Waals surface area (Å²) in [5.41, 5.74) is -0.598. The third kappa shape index (κ3) is 2.44. The van der Waals surface area contributed by atoms with Gasteiger partial charge in [0.1, 0.15) is 5.75 Å². The van der Waals surface area contributed by atoms with Crippen molar-refractivity contribution in [3.05, 3.63) is 29.3 Å². The first-order valence-corrected chi connectivity index (χ1v) is 4.34. The van der Waals surface area contributed by atoms with Crippen LogP contribution in [0.2, 0.25) is 0 Å². The van der Waals surface area contributed by atoms with Gasteiger partial charge in [0.25, 0.3) is 0 Å². The lowest BCUT2D eigenvalue weighted by Crippen LogP contribution is -2.09. The number of rotatable bonds is 2. The molecular weight excluding hydrogens is 223 g/mol. The molecule has 88 valence electrons. The van der Waals surface area contributed by atoms with Crippen LogP contribution in [-0.4, -0.2) is 18.0 Å². The smallest absolute Gasteiger partial charge is 0.419 e. The minimum absolute atomic E-state index is 0.105. The molecule has 0 unspecified atom stereocenters. The summed E-state index contributed by atoms with van der Waals surface area (Å²) in [5, 5.41) is 11.3. The van der Waals surface area contributed by atoms with Gasteiger partial charge in [0.05, 0.1) is 18.4 Å². The number of hydrogen-bond donors (Lipinski definition) is 1. The Morgan fingerprint density at radius 3 is 2.44 bits per heavy atom. The van der Waals surface area contributed by atoms with Gasteiger partial charge >= 0.3 is 6.18 Å². The molecule has 1 aromatic carbocycles. The van der Waals surface area contributed by atoms with Crippen molar-refractivity contribution in [2.75, 3.05) is 7.11 Å². The predicted molar refractivity (Wildman–Crippen MR) is 52.0 cm³/mol. The first-order chi connectivity index (χ1) is 7.40. The van der Waals surface area contributed by atoms with E-state index in [9.17, 15) is 13.2 Å². The van der Waals surface area contributed by atoms with Gasteiger partial charge in [0, 0.05) is 0 Å². The highest BCUT2D eigenvalue weighted by Gasteiger charge is 2.34. The molecule has 0 aromatic heterocycles. The molecule has 1 aromatic rings. The van der Waals surface area contributed by atoms with Crippen molar-refractivity contribution in [2.45, 2.75) is 13.1 Å². The molecule has 0 saturated heterocycles. The Morgan fingerprint density at radius 2 is 2.00 bits per heavy atom. The Balaban J connectivity index is 3.33. The Labute approximate surface area is 90.1 Å². The molecule has 0 atom stereocenters. The SMILES string of the molecule is COc1ccc(/C(C)=N\O)cc1C(F)(F)F. The molecule has 0 spiro atoms. The standard InChI is InChI=1S/C10H10F3NO2/c1-6(14-15)7-3-4-9(16-2)8(5-7)10(11,12)13/h3-5,15H,1-2H3/b14-6-. The average Bonchev–Trinajstić information content (AvgIpc) is 2.26. The van der Waals surface area contributed by atoms with E-state index in [1.165, 1.54) is 19.1 Å². The molecule has 0 bridgehead atoms. The van der Waals surface area contributed by atoms with Gasteiger partial charge in [-0.2, -0.15) is 13.2 Å². The molecule has 1 rings (SSSR count). The van der Waals surface area contributed by atoms with Gasteiger partial charge in [-0.25, -0.2) is 0 Å². The maximum atomic E-state index is 12.6. The predicted octanol–water partition coefficient (Wildman–Crippen LogP) is 2.91. The van der Waals surface area contributed by atoms with Crippen LogP contribution in [0.25, 0.3) is 0 Å². The second kappa shape index (κ2) is 4.42. The summed E-state index contributed by atoms with van der Waals surface area (Å²) in [6.07, 6.45) is -4.50. The molecule has 0 radical (unpaired) electrons. The van der Waals surface area contributed by atoms with Crippen LogP contribution in [0, 0.1) is 0 Å².